The van der Waals surface area contributed by atoms with E-state index >= 15 is 0 Å². The molecule has 1 amide bonds. The minimum atomic E-state index is -2.14. The largest absolute Gasteiger partial charge is 0.385 e. The van der Waals surface area contributed by atoms with E-state index in [0.29, 0.717) is 17.0 Å². The van der Waals surface area contributed by atoms with Crippen molar-refractivity contribution < 1.29 is 19.7 Å². The molecule has 0 radical (unpaired) electrons. The molecule has 1 aromatic carbocycles. The molecule has 4 unspecified atom stereocenters. The fourth-order valence-corrected chi connectivity index (χ4v) is 4.19. The van der Waals surface area contributed by atoms with Crippen molar-refractivity contribution in [3.05, 3.63) is 40.5 Å². The number of amides is 1. The number of alkyl halides is 1. The van der Waals surface area contributed by atoms with Gasteiger partial charge < -0.3 is 25.2 Å². The summed E-state index contributed by atoms with van der Waals surface area (Å²) >= 11 is 8.42. The van der Waals surface area contributed by atoms with E-state index in [1.807, 2.05) is 36.2 Å². The molecule has 0 saturated carbocycles. The minimum absolute atomic E-state index is 0.353. The second-order valence-corrected chi connectivity index (χ2v) is 8.54. The topological polar surface area (TPSA) is 126 Å². The van der Waals surface area contributed by atoms with Gasteiger partial charge in [0.15, 0.2) is 23.2 Å². The number of likely N-dealkylation sites (N-methyl/N-ethyl adjacent to an activating group) is 1. The van der Waals surface area contributed by atoms with E-state index < -0.39 is 29.4 Å². The molecule has 3 aromatic rings. The highest BCUT2D eigenvalue weighted by Gasteiger charge is 2.58. The number of carbonyl (C=O) groups excluding carboxylic acids is 1. The number of hydrogen-bond donors (Lipinski definition) is 3. The maximum atomic E-state index is 12.1. The van der Waals surface area contributed by atoms with Gasteiger partial charge in [-0.05, 0) is 40.8 Å². The Morgan fingerprint density at radius 3 is 2.83 bits per heavy atom. The molecule has 1 fully saturated rings. The van der Waals surface area contributed by atoms with Gasteiger partial charge in [0.05, 0.1) is 6.33 Å². The number of benzene rings is 1. The molecule has 0 bridgehead atoms. The van der Waals surface area contributed by atoms with Crippen LogP contribution in [-0.2, 0) is 9.53 Å². The van der Waals surface area contributed by atoms with Gasteiger partial charge in [-0.15, -0.1) is 0 Å². The number of imidazole rings is 1. The molecule has 1 saturated heterocycles. The molecule has 1 aliphatic heterocycles. The van der Waals surface area contributed by atoms with Crippen LogP contribution in [0.5, 0.6) is 0 Å². The summed E-state index contributed by atoms with van der Waals surface area (Å²) in [4.78, 5) is 27.0. The SMILES string of the molecule is CNC(=O)C1(Cl)OC(n2cnc3c(N(C)c4cccc(I)c4)ncnc32)C(O)C1O. The Hall–Kier alpha value is -2.06. The normalized spacial score (nSPS) is 26.1. The summed E-state index contributed by atoms with van der Waals surface area (Å²) in [7, 11) is 3.21. The highest BCUT2D eigenvalue weighted by molar-refractivity contribution is 14.1. The molecule has 12 heteroatoms. The molecule has 3 heterocycles. The van der Waals surface area contributed by atoms with Gasteiger partial charge in [-0.1, -0.05) is 17.7 Å². The molecule has 30 heavy (non-hydrogen) atoms. The predicted octanol–water partition coefficient (Wildman–Crippen LogP) is 1.13. The number of anilines is 2. The van der Waals surface area contributed by atoms with E-state index in [1.165, 1.54) is 24.3 Å². The Morgan fingerprint density at radius 1 is 1.37 bits per heavy atom. The van der Waals surface area contributed by atoms with Crippen LogP contribution in [0.4, 0.5) is 11.5 Å². The number of rotatable bonds is 4. The van der Waals surface area contributed by atoms with Gasteiger partial charge in [0, 0.05) is 23.4 Å². The van der Waals surface area contributed by atoms with Crippen LogP contribution in [0.1, 0.15) is 6.23 Å². The van der Waals surface area contributed by atoms with E-state index in [9.17, 15) is 15.0 Å². The number of carbonyl (C=O) groups is 1. The summed E-state index contributed by atoms with van der Waals surface area (Å²) in [6, 6.07) is 7.86. The lowest BCUT2D eigenvalue weighted by Gasteiger charge is -2.22. The van der Waals surface area contributed by atoms with Crippen LogP contribution in [0.15, 0.2) is 36.9 Å². The molecule has 4 atom stereocenters. The van der Waals surface area contributed by atoms with Crippen LogP contribution >= 0.6 is 34.2 Å². The molecule has 0 spiro atoms. The Labute approximate surface area is 190 Å². The van der Waals surface area contributed by atoms with Gasteiger partial charge >= 0.3 is 0 Å². The van der Waals surface area contributed by atoms with Gasteiger partial charge in [-0.25, -0.2) is 15.0 Å². The number of nitrogens with one attached hydrogen (secondary N) is 1. The summed E-state index contributed by atoms with van der Waals surface area (Å²) in [6.45, 7) is 0. The Morgan fingerprint density at radius 2 is 2.13 bits per heavy atom. The molecular formula is C18H18ClIN6O4. The molecule has 3 N–H and O–H groups in total. The van der Waals surface area contributed by atoms with Gasteiger partial charge in [-0.2, -0.15) is 0 Å². The molecule has 10 nitrogen and oxygen atoms in total. The molecule has 2 aromatic heterocycles. The average molecular weight is 545 g/mol. The third kappa shape index (κ3) is 3.30. The van der Waals surface area contributed by atoms with Crippen LogP contribution in [-0.4, -0.2) is 67.0 Å². The zero-order valence-corrected chi connectivity index (χ0v) is 18.8. The summed E-state index contributed by atoms with van der Waals surface area (Å²) in [6.07, 6.45) is -1.55. The summed E-state index contributed by atoms with van der Waals surface area (Å²) in [5.74, 6) is -0.228. The monoisotopic (exact) mass is 544 g/mol. The first-order valence-electron chi connectivity index (χ1n) is 8.89. The smallest absolute Gasteiger partial charge is 0.270 e. The van der Waals surface area contributed by atoms with Gasteiger partial charge in [0.2, 0.25) is 0 Å². The van der Waals surface area contributed by atoms with Crippen LogP contribution in [0.25, 0.3) is 11.2 Å². The number of hydrogen-bond acceptors (Lipinski definition) is 8. The fourth-order valence-electron chi connectivity index (χ4n) is 3.35. The zero-order chi connectivity index (χ0) is 21.6. The third-order valence-corrected chi connectivity index (χ3v) is 6.11. The van der Waals surface area contributed by atoms with Crippen LogP contribution in [0.3, 0.4) is 0 Å². The summed E-state index contributed by atoms with van der Waals surface area (Å²) in [5, 5.41) is 21.0. The molecular weight excluding hydrogens is 527 g/mol. The maximum Gasteiger partial charge on any atom is 0.270 e. The Kier molecular flexibility index (Phi) is 5.57. The van der Waals surface area contributed by atoms with E-state index in [0.717, 1.165) is 9.26 Å². The lowest BCUT2D eigenvalue weighted by Crippen LogP contribution is -2.49. The highest BCUT2D eigenvalue weighted by atomic mass is 127. The minimum Gasteiger partial charge on any atom is -0.385 e. The van der Waals surface area contributed by atoms with E-state index in [-0.39, 0.29) is 0 Å². The van der Waals surface area contributed by atoms with Crippen molar-refractivity contribution in [1.82, 2.24) is 24.8 Å². The van der Waals surface area contributed by atoms with Gasteiger partial charge in [0.1, 0.15) is 18.5 Å². The van der Waals surface area contributed by atoms with Crippen molar-refractivity contribution in [1.29, 1.82) is 0 Å². The second-order valence-electron chi connectivity index (χ2n) is 6.73. The lowest BCUT2D eigenvalue weighted by molar-refractivity contribution is -0.143. The number of aliphatic hydroxyl groups excluding tert-OH is 2. The number of aromatic nitrogens is 4. The van der Waals surface area contributed by atoms with E-state index in [2.05, 4.69) is 42.9 Å². The standard InChI is InChI=1S/C18H18ClIN6O4/c1-21-17(29)18(19)13(28)12(27)16(30-18)26-8-24-11-14(22-7-23-15(11)26)25(2)10-5-3-4-9(20)6-10/h3-8,12-13,16,27-28H,1-2H3,(H,21,29). The number of nitrogens with zero attached hydrogens (tertiary/aromatic N) is 5. The average Bonchev–Trinajstić information content (AvgIpc) is 3.27. The van der Waals surface area contributed by atoms with Crippen LogP contribution in [0, 0.1) is 3.57 Å². The summed E-state index contributed by atoms with van der Waals surface area (Å²) in [5.41, 5.74) is 1.71. The van der Waals surface area contributed by atoms with E-state index in [1.54, 1.807) is 0 Å². The first kappa shape index (κ1) is 21.2. The Bertz CT molecular complexity index is 1110. The zero-order valence-electron chi connectivity index (χ0n) is 15.9. The van der Waals surface area contributed by atoms with Crippen molar-refractivity contribution in [3.63, 3.8) is 0 Å². The van der Waals surface area contributed by atoms with Gasteiger partial charge in [-0.3, -0.25) is 9.36 Å². The molecule has 158 valence electrons. The third-order valence-electron chi connectivity index (χ3n) is 4.95. The van der Waals surface area contributed by atoms with E-state index in [4.69, 9.17) is 16.3 Å². The molecule has 0 aliphatic carbocycles. The highest BCUT2D eigenvalue weighted by Crippen LogP contribution is 2.41. The van der Waals surface area contributed by atoms with Crippen LogP contribution in [0.2, 0.25) is 0 Å². The van der Waals surface area contributed by atoms with Crippen molar-refractivity contribution >= 4 is 62.8 Å². The van der Waals surface area contributed by atoms with Crippen molar-refractivity contribution in [2.75, 3.05) is 19.0 Å². The lowest BCUT2D eigenvalue weighted by atomic mass is 10.1. The number of fused-ring (bicyclic) bond motifs is 1. The number of halogens is 2. The first-order chi connectivity index (χ1) is 14.3. The number of aliphatic hydroxyl groups is 2. The quantitative estimate of drug-likeness (QED) is 0.330. The molecule has 1 aliphatic rings. The van der Waals surface area contributed by atoms with Crippen LogP contribution < -0.4 is 10.2 Å². The first-order valence-corrected chi connectivity index (χ1v) is 10.4. The maximum absolute atomic E-state index is 12.1. The van der Waals surface area contributed by atoms with Gasteiger partial charge in [0.25, 0.3) is 11.0 Å². The fraction of sp³-hybridized carbons (Fsp3) is 0.333. The Balaban J connectivity index is 1.75. The van der Waals surface area contributed by atoms with Crippen molar-refractivity contribution in [2.24, 2.45) is 0 Å². The predicted molar refractivity (Wildman–Crippen MR) is 117 cm³/mol. The van der Waals surface area contributed by atoms with Crippen molar-refractivity contribution in [2.45, 2.75) is 23.5 Å². The van der Waals surface area contributed by atoms with Crippen molar-refractivity contribution in [3.8, 4) is 0 Å². The summed E-state index contributed by atoms with van der Waals surface area (Å²) < 4.78 is 8.07. The number of ether oxygens (including phenoxy) is 1. The molecule has 4 rings (SSSR count). The second kappa shape index (κ2) is 7.89.